The van der Waals surface area contributed by atoms with Gasteiger partial charge in [-0.2, -0.15) is 0 Å². The van der Waals surface area contributed by atoms with Crippen molar-refractivity contribution < 1.29 is 23.7 Å². The van der Waals surface area contributed by atoms with Crippen molar-refractivity contribution in [2.75, 3.05) is 29.8 Å². The van der Waals surface area contributed by atoms with Crippen LogP contribution < -0.4 is 19.7 Å². The van der Waals surface area contributed by atoms with E-state index >= 15 is 0 Å². The van der Waals surface area contributed by atoms with Gasteiger partial charge < -0.3 is 20.5 Å². The summed E-state index contributed by atoms with van der Waals surface area (Å²) < 4.78 is 30.2. The van der Waals surface area contributed by atoms with Crippen LogP contribution in [0, 0.1) is 0 Å². The first kappa shape index (κ1) is 30.8. The lowest BCUT2D eigenvalue weighted by molar-refractivity contribution is 0.0829. The summed E-state index contributed by atoms with van der Waals surface area (Å²) in [6.07, 6.45) is 0.209. The highest BCUT2D eigenvalue weighted by Crippen LogP contribution is 2.51. The van der Waals surface area contributed by atoms with Crippen LogP contribution in [-0.4, -0.2) is 57.7 Å². The minimum Gasteiger partial charge on any atom is -0.494 e. The second-order valence-corrected chi connectivity index (χ2v) is 13.6. The average molecular weight is 697 g/mol. The molecule has 40 heavy (non-hydrogen) atoms. The van der Waals surface area contributed by atoms with Crippen LogP contribution in [0.5, 0.6) is 5.75 Å². The third-order valence-corrected chi connectivity index (χ3v) is 9.42. The lowest BCUT2D eigenvalue weighted by atomic mass is 10.00. The summed E-state index contributed by atoms with van der Waals surface area (Å²) in [6, 6.07) is 20.1. The predicted octanol–water partition coefficient (Wildman–Crippen LogP) is 5.98. The molecule has 2 atom stereocenters. The van der Waals surface area contributed by atoms with Gasteiger partial charge in [0.1, 0.15) is 5.75 Å². The summed E-state index contributed by atoms with van der Waals surface area (Å²) in [4.78, 5) is 13.6. The molecule has 3 aromatic rings. The zero-order valence-corrected chi connectivity index (χ0v) is 26.2. The number of nitrogens with zero attached hydrogens (tertiary/aromatic N) is 1. The van der Waals surface area contributed by atoms with Crippen LogP contribution >= 0.6 is 42.6 Å². The lowest BCUT2D eigenvalue weighted by Crippen LogP contribution is -2.48. The molecule has 0 spiro atoms. The number of ether oxygens (including phenoxy) is 1. The van der Waals surface area contributed by atoms with Gasteiger partial charge in [-0.1, -0.05) is 62.2 Å². The third kappa shape index (κ3) is 8.45. The van der Waals surface area contributed by atoms with E-state index in [9.17, 15) is 19.0 Å². The molecule has 5 N–H and O–H groups in total. The van der Waals surface area contributed by atoms with Gasteiger partial charge >= 0.3 is 0 Å². The van der Waals surface area contributed by atoms with E-state index in [0.29, 0.717) is 55.3 Å². The van der Waals surface area contributed by atoms with Crippen LogP contribution in [0.25, 0.3) is 0 Å². The topological polar surface area (TPSA) is 114 Å². The van der Waals surface area contributed by atoms with Crippen molar-refractivity contribution in [2.45, 2.75) is 38.5 Å². The molecule has 1 fully saturated rings. The SMILES string of the molecule is CCOc1cc(C(=O)N[C@@H](Cc2ccccc2)[C@@H](O)CNCc2cc(Br)cc(Br)c2)cc(N2CCCS2(O)O)c1. The van der Waals surface area contributed by atoms with E-state index in [1.54, 1.807) is 22.5 Å². The van der Waals surface area contributed by atoms with Crippen molar-refractivity contribution >= 4 is 54.2 Å². The summed E-state index contributed by atoms with van der Waals surface area (Å²) in [5, 5.41) is 17.5. The Kier molecular flexibility index (Phi) is 10.9. The zero-order valence-electron chi connectivity index (χ0n) is 22.2. The number of benzene rings is 3. The van der Waals surface area contributed by atoms with Crippen molar-refractivity contribution in [3.05, 3.63) is 92.4 Å². The summed E-state index contributed by atoms with van der Waals surface area (Å²) in [5.41, 5.74) is 2.87. The molecule has 216 valence electrons. The van der Waals surface area contributed by atoms with Crippen LogP contribution in [-0.2, 0) is 13.0 Å². The molecular formula is C29H35Br2N3O5S. The van der Waals surface area contributed by atoms with Gasteiger partial charge in [-0.15, -0.1) is 10.8 Å². The highest BCUT2D eigenvalue weighted by Gasteiger charge is 2.30. The summed E-state index contributed by atoms with van der Waals surface area (Å²) >= 11 is 7.00. The largest absolute Gasteiger partial charge is 0.494 e. The maximum Gasteiger partial charge on any atom is 0.251 e. The van der Waals surface area contributed by atoms with Gasteiger partial charge in [0.15, 0.2) is 0 Å². The molecule has 3 aromatic carbocycles. The maximum absolute atomic E-state index is 13.6. The maximum atomic E-state index is 13.6. The van der Waals surface area contributed by atoms with Crippen molar-refractivity contribution in [1.82, 2.24) is 10.6 Å². The van der Waals surface area contributed by atoms with Gasteiger partial charge in [-0.3, -0.25) is 18.2 Å². The Balaban J connectivity index is 1.52. The number of aliphatic hydroxyl groups is 1. The van der Waals surface area contributed by atoms with E-state index in [1.807, 2.05) is 55.5 Å². The highest BCUT2D eigenvalue weighted by molar-refractivity contribution is 9.11. The summed E-state index contributed by atoms with van der Waals surface area (Å²) in [7, 11) is -2.94. The van der Waals surface area contributed by atoms with Gasteiger partial charge in [0, 0.05) is 40.2 Å². The van der Waals surface area contributed by atoms with E-state index in [-0.39, 0.29) is 12.5 Å². The summed E-state index contributed by atoms with van der Waals surface area (Å²) in [6.45, 7) is 3.54. The number of hydrogen-bond acceptors (Lipinski definition) is 7. The Bertz CT molecular complexity index is 1280. The number of aliphatic hydroxyl groups excluding tert-OH is 1. The van der Waals surface area contributed by atoms with Crippen LogP contribution in [0.2, 0.25) is 0 Å². The second kappa shape index (κ2) is 14.2. The molecule has 1 aliphatic rings. The summed E-state index contributed by atoms with van der Waals surface area (Å²) in [5.74, 6) is 0.381. The normalized spacial score (nSPS) is 16.8. The molecule has 0 unspecified atom stereocenters. The molecular weight excluding hydrogens is 662 g/mol. The molecule has 0 bridgehead atoms. The Morgan fingerprint density at radius 1 is 1.05 bits per heavy atom. The fourth-order valence-electron chi connectivity index (χ4n) is 4.69. The molecule has 4 rings (SSSR count). The highest BCUT2D eigenvalue weighted by atomic mass is 79.9. The number of anilines is 1. The number of rotatable bonds is 12. The zero-order chi connectivity index (χ0) is 28.7. The fraction of sp³-hybridized carbons (Fsp3) is 0.345. The molecule has 0 aromatic heterocycles. The molecule has 0 radical (unpaired) electrons. The average Bonchev–Trinajstić information content (AvgIpc) is 3.27. The number of carbonyl (C=O) groups is 1. The van der Waals surface area contributed by atoms with Gasteiger partial charge in [-0.05, 0) is 61.2 Å². The minimum absolute atomic E-state index is 0.265. The van der Waals surface area contributed by atoms with E-state index in [4.69, 9.17) is 4.74 Å². The van der Waals surface area contributed by atoms with E-state index in [2.05, 4.69) is 42.5 Å². The second-order valence-electron chi connectivity index (χ2n) is 9.69. The Labute approximate surface area is 253 Å². The van der Waals surface area contributed by atoms with Crippen LogP contribution in [0.3, 0.4) is 0 Å². The molecule has 1 saturated heterocycles. The first-order chi connectivity index (χ1) is 19.1. The van der Waals surface area contributed by atoms with Crippen molar-refractivity contribution in [2.24, 2.45) is 0 Å². The smallest absolute Gasteiger partial charge is 0.251 e. The minimum atomic E-state index is -2.94. The third-order valence-electron chi connectivity index (χ3n) is 6.57. The molecule has 11 heteroatoms. The number of amides is 1. The Hall–Kier alpha value is -2.12. The van der Waals surface area contributed by atoms with Gasteiger partial charge in [0.05, 0.1) is 30.2 Å². The molecule has 0 aliphatic carbocycles. The molecule has 1 amide bonds. The van der Waals surface area contributed by atoms with Gasteiger partial charge in [-0.25, -0.2) is 0 Å². The van der Waals surface area contributed by atoms with E-state index in [1.165, 1.54) is 0 Å². The number of carbonyl (C=O) groups excluding carboxylic acids is 1. The molecule has 1 heterocycles. The predicted molar refractivity (Wildman–Crippen MR) is 168 cm³/mol. The van der Waals surface area contributed by atoms with Crippen molar-refractivity contribution in [3.63, 3.8) is 0 Å². The number of hydrogen-bond donors (Lipinski definition) is 5. The van der Waals surface area contributed by atoms with Gasteiger partial charge in [0.2, 0.25) is 0 Å². The van der Waals surface area contributed by atoms with Gasteiger partial charge in [0.25, 0.3) is 5.91 Å². The number of nitrogens with one attached hydrogen (secondary N) is 2. The monoisotopic (exact) mass is 695 g/mol. The quantitative estimate of drug-likeness (QED) is 0.158. The first-order valence-corrected chi connectivity index (χ1v) is 16.4. The molecule has 8 nitrogen and oxygen atoms in total. The lowest BCUT2D eigenvalue weighted by Gasteiger charge is -2.38. The molecule has 1 aliphatic heterocycles. The van der Waals surface area contributed by atoms with Crippen LogP contribution in [0.15, 0.2) is 75.7 Å². The number of halogens is 2. The Morgan fingerprint density at radius 2 is 1.77 bits per heavy atom. The van der Waals surface area contributed by atoms with E-state index < -0.39 is 22.9 Å². The van der Waals surface area contributed by atoms with Crippen LogP contribution in [0.4, 0.5) is 5.69 Å². The first-order valence-electron chi connectivity index (χ1n) is 13.1. The standard InChI is InChI=1S/C29H35Br2N3O5S/c1-2-39-26-15-22(14-25(17-26)34-9-6-10-40(34,37)38)29(36)33-27(13-20-7-4-3-5-8-20)28(35)19-32-18-21-11-23(30)16-24(31)12-21/h3-5,7-8,11-12,14-17,27-28,32,35,37-38H,2,6,9-10,13,18-19H2,1H3,(H,33,36)/t27-,28-/m0/s1. The van der Waals surface area contributed by atoms with Crippen molar-refractivity contribution in [3.8, 4) is 5.75 Å². The molecule has 0 saturated carbocycles. The Morgan fingerprint density at radius 3 is 2.42 bits per heavy atom. The fourth-order valence-corrected chi connectivity index (χ4v) is 7.68. The van der Waals surface area contributed by atoms with E-state index in [0.717, 1.165) is 20.1 Å². The van der Waals surface area contributed by atoms with Crippen LogP contribution in [0.1, 0.15) is 34.8 Å². The van der Waals surface area contributed by atoms with Crippen molar-refractivity contribution in [1.29, 1.82) is 0 Å².